The molecule has 1 heterocycles. The summed E-state index contributed by atoms with van der Waals surface area (Å²) >= 11 is 5.82. The maximum Gasteiger partial charge on any atom is 0.534 e. The zero-order valence-electron chi connectivity index (χ0n) is 15.1. The average molecular weight is 474 g/mol. The second-order valence-electron chi connectivity index (χ2n) is 7.09. The number of rotatable bonds is 6. The van der Waals surface area contributed by atoms with E-state index in [1.54, 1.807) is 0 Å². The minimum atomic E-state index is -5.95. The molecular weight excluding hydrogens is 455 g/mol. The fourth-order valence-electron chi connectivity index (χ4n) is 3.55. The lowest BCUT2D eigenvalue weighted by molar-refractivity contribution is -0.0529. The molecule has 0 radical (unpaired) electrons. The van der Waals surface area contributed by atoms with Crippen LogP contribution in [0.15, 0.2) is 41.5 Å². The topological polar surface area (TPSA) is 80.8 Å². The van der Waals surface area contributed by atoms with Crippen molar-refractivity contribution in [3.05, 3.63) is 41.6 Å². The van der Waals surface area contributed by atoms with E-state index in [-0.39, 0.29) is 17.2 Å². The van der Waals surface area contributed by atoms with Crippen LogP contribution in [0.3, 0.4) is 0 Å². The molecule has 0 N–H and O–H groups in total. The second-order valence-corrected chi connectivity index (χ2v) is 10.9. The summed E-state index contributed by atoms with van der Waals surface area (Å²) in [6, 6.07) is 3.67. The van der Waals surface area contributed by atoms with Crippen molar-refractivity contribution in [1.82, 2.24) is 4.31 Å². The molecule has 0 bridgehead atoms. The summed E-state index contributed by atoms with van der Waals surface area (Å²) in [4.78, 5) is -0.0917. The Morgan fingerprint density at radius 1 is 1.07 bits per heavy atom. The lowest BCUT2D eigenvalue weighted by Crippen LogP contribution is -2.52. The van der Waals surface area contributed by atoms with Gasteiger partial charge in [-0.2, -0.15) is 25.9 Å². The fraction of sp³-hybridized carbons (Fsp3) is 0.529. The Balaban J connectivity index is 1.98. The second kappa shape index (κ2) is 7.75. The van der Waals surface area contributed by atoms with Gasteiger partial charge in [-0.25, -0.2) is 8.42 Å². The van der Waals surface area contributed by atoms with Crippen LogP contribution >= 0.6 is 11.6 Å². The lowest BCUT2D eigenvalue weighted by atomic mass is 9.95. The van der Waals surface area contributed by atoms with E-state index in [9.17, 15) is 30.0 Å². The van der Waals surface area contributed by atoms with E-state index in [4.69, 9.17) is 11.6 Å². The molecule has 2 aliphatic rings. The first-order chi connectivity index (χ1) is 13.3. The van der Waals surface area contributed by atoms with Crippen molar-refractivity contribution in [3.63, 3.8) is 0 Å². The Morgan fingerprint density at radius 3 is 2.17 bits per heavy atom. The molecule has 2 fully saturated rings. The van der Waals surface area contributed by atoms with Gasteiger partial charge in [0, 0.05) is 11.1 Å². The quantitative estimate of drug-likeness (QED) is 0.354. The zero-order chi connectivity index (χ0) is 21.6. The van der Waals surface area contributed by atoms with Crippen molar-refractivity contribution < 1.29 is 34.2 Å². The molecule has 0 unspecified atom stereocenters. The number of alkyl halides is 3. The van der Waals surface area contributed by atoms with E-state index in [1.807, 2.05) is 0 Å². The average Bonchev–Trinajstić information content (AvgIpc) is 3.45. The molecule has 1 saturated carbocycles. The fourth-order valence-corrected chi connectivity index (χ4v) is 6.08. The number of halogens is 4. The first-order valence-electron chi connectivity index (χ1n) is 8.83. The monoisotopic (exact) mass is 473 g/mol. The van der Waals surface area contributed by atoms with Crippen molar-refractivity contribution in [2.45, 2.75) is 54.6 Å². The van der Waals surface area contributed by atoms with Gasteiger partial charge in [-0.3, -0.25) is 0 Å². The minimum Gasteiger partial charge on any atom is -0.379 e. The minimum absolute atomic E-state index is 0.0619. The summed E-state index contributed by atoms with van der Waals surface area (Å²) in [6.07, 6.45) is 2.71. The number of benzene rings is 1. The first-order valence-corrected chi connectivity index (χ1v) is 12.1. The van der Waals surface area contributed by atoms with Gasteiger partial charge in [-0.1, -0.05) is 18.2 Å². The maximum absolute atomic E-state index is 13.3. The summed E-state index contributed by atoms with van der Waals surface area (Å²) in [5, 5.41) is 0.321. The predicted molar refractivity (Wildman–Crippen MR) is 99.8 cm³/mol. The van der Waals surface area contributed by atoms with E-state index in [0.717, 1.165) is 17.1 Å². The normalized spacial score (nSPS) is 24.3. The molecule has 1 aliphatic carbocycles. The number of sulfonamides is 1. The lowest BCUT2D eigenvalue weighted by Gasteiger charge is -2.41. The Labute approximate surface area is 172 Å². The van der Waals surface area contributed by atoms with Gasteiger partial charge in [-0.15, -0.1) is 0 Å². The number of hydrogen-bond donors (Lipinski definition) is 0. The highest BCUT2D eigenvalue weighted by Crippen LogP contribution is 2.45. The summed E-state index contributed by atoms with van der Waals surface area (Å²) in [5.74, 6) is -0.697. The summed E-state index contributed by atoms with van der Waals surface area (Å²) in [6.45, 7) is 3.33. The molecule has 0 amide bonds. The van der Waals surface area contributed by atoms with Gasteiger partial charge in [0.05, 0.1) is 10.9 Å². The van der Waals surface area contributed by atoms with Crippen LogP contribution in [-0.2, 0) is 24.3 Å². The van der Waals surface area contributed by atoms with E-state index < -0.39 is 43.5 Å². The Bertz CT molecular complexity index is 989. The van der Waals surface area contributed by atoms with E-state index >= 15 is 0 Å². The third-order valence-corrected chi connectivity index (χ3v) is 8.24. The van der Waals surface area contributed by atoms with Crippen molar-refractivity contribution >= 4 is 31.7 Å². The largest absolute Gasteiger partial charge is 0.534 e. The molecule has 2 atom stereocenters. The van der Waals surface area contributed by atoms with Crippen molar-refractivity contribution in [2.24, 2.45) is 5.92 Å². The molecule has 1 aromatic rings. The zero-order valence-corrected chi connectivity index (χ0v) is 17.5. The van der Waals surface area contributed by atoms with E-state index in [2.05, 4.69) is 10.8 Å². The van der Waals surface area contributed by atoms with E-state index in [1.165, 1.54) is 24.3 Å². The highest BCUT2D eigenvalue weighted by molar-refractivity contribution is 7.89. The third-order valence-electron chi connectivity index (χ3n) is 5.04. The third kappa shape index (κ3) is 4.57. The van der Waals surface area contributed by atoms with Crippen LogP contribution in [0.5, 0.6) is 0 Å². The Kier molecular flexibility index (Phi) is 5.98. The molecule has 29 heavy (non-hydrogen) atoms. The van der Waals surface area contributed by atoms with Gasteiger partial charge >= 0.3 is 15.6 Å². The SMILES string of the molecule is C=C(OS(=O)(=O)C(F)(F)F)[C@@H]1CCC[C@H](C2CC2)N1S(=O)(=O)c1ccc(Cl)cc1. The van der Waals surface area contributed by atoms with Crippen LogP contribution < -0.4 is 0 Å². The van der Waals surface area contributed by atoms with Gasteiger partial charge < -0.3 is 4.18 Å². The molecule has 0 spiro atoms. The predicted octanol–water partition coefficient (Wildman–Crippen LogP) is 4.04. The molecule has 0 aromatic heterocycles. The summed E-state index contributed by atoms with van der Waals surface area (Å²) in [5.41, 5.74) is -5.64. The van der Waals surface area contributed by atoms with E-state index in [0.29, 0.717) is 17.9 Å². The number of hydrogen-bond acceptors (Lipinski definition) is 5. The van der Waals surface area contributed by atoms with Crippen LogP contribution in [0, 0.1) is 5.92 Å². The number of nitrogens with zero attached hydrogens (tertiary/aromatic N) is 1. The molecule has 1 aromatic carbocycles. The smallest absolute Gasteiger partial charge is 0.379 e. The molecule has 162 valence electrons. The van der Waals surface area contributed by atoms with Crippen molar-refractivity contribution in [3.8, 4) is 0 Å². The van der Waals surface area contributed by atoms with Gasteiger partial charge in [-0.05, 0) is 62.3 Å². The molecule has 3 rings (SSSR count). The highest BCUT2D eigenvalue weighted by Gasteiger charge is 2.52. The van der Waals surface area contributed by atoms with Crippen LogP contribution in [0.2, 0.25) is 5.02 Å². The van der Waals surface area contributed by atoms with Crippen LogP contribution in [0.25, 0.3) is 0 Å². The van der Waals surface area contributed by atoms with Crippen LogP contribution in [0.4, 0.5) is 13.2 Å². The Morgan fingerprint density at radius 2 is 1.66 bits per heavy atom. The molecular formula is C17H19ClF3NO5S2. The Hall–Kier alpha value is -1.30. The van der Waals surface area contributed by atoms with Crippen molar-refractivity contribution in [1.29, 1.82) is 0 Å². The summed E-state index contributed by atoms with van der Waals surface area (Å²) in [7, 11) is -10.1. The maximum atomic E-state index is 13.3. The molecule has 6 nitrogen and oxygen atoms in total. The summed E-state index contributed by atoms with van der Waals surface area (Å²) < 4.78 is 92.9. The molecule has 1 saturated heterocycles. The van der Waals surface area contributed by atoms with Gasteiger partial charge in [0.2, 0.25) is 10.0 Å². The first kappa shape index (κ1) is 22.4. The standard InChI is InChI=1S/C17H19ClF3NO5S2/c1-11(27-29(25,26)17(19,20)21)15-3-2-4-16(12-5-6-12)22(15)28(23,24)14-9-7-13(18)8-10-14/h7-10,12,15-16H,1-6H2/t15-,16+/m0/s1. The van der Waals surface area contributed by atoms with Gasteiger partial charge in [0.25, 0.3) is 0 Å². The molecule has 12 heteroatoms. The molecule has 1 aliphatic heterocycles. The van der Waals surface area contributed by atoms with Gasteiger partial charge in [0.15, 0.2) is 0 Å². The van der Waals surface area contributed by atoms with Crippen LogP contribution in [-0.4, -0.2) is 38.7 Å². The number of piperidine rings is 1. The van der Waals surface area contributed by atoms with Crippen molar-refractivity contribution in [2.75, 3.05) is 0 Å². The highest BCUT2D eigenvalue weighted by atomic mass is 35.5. The van der Waals surface area contributed by atoms with Gasteiger partial charge in [0.1, 0.15) is 5.76 Å². The van der Waals surface area contributed by atoms with Crippen LogP contribution in [0.1, 0.15) is 32.1 Å².